The molecule has 1 unspecified atom stereocenters. The summed E-state index contributed by atoms with van der Waals surface area (Å²) in [5.74, 6) is -0.604. The van der Waals surface area contributed by atoms with E-state index in [1.54, 1.807) is 0 Å². The van der Waals surface area contributed by atoms with Gasteiger partial charge in [-0.15, -0.1) is 23.7 Å². The van der Waals surface area contributed by atoms with E-state index in [9.17, 15) is 18.0 Å². The van der Waals surface area contributed by atoms with Crippen LogP contribution in [0.25, 0.3) is 0 Å². The number of carbonyl (C=O) groups excluding carboxylic acids is 1. The van der Waals surface area contributed by atoms with E-state index >= 15 is 0 Å². The van der Waals surface area contributed by atoms with E-state index in [2.05, 4.69) is 15.6 Å². The lowest BCUT2D eigenvalue weighted by Gasteiger charge is -2.35. The molecule has 1 aromatic rings. The zero-order valence-electron chi connectivity index (χ0n) is 13.1. The molecule has 2 N–H and O–H groups in total. The third kappa shape index (κ3) is 5.85. The largest absolute Gasteiger partial charge is 0.405 e. The fraction of sp³-hybridized carbons (Fsp3) is 0.692. The van der Waals surface area contributed by atoms with Crippen molar-refractivity contribution >= 4 is 29.7 Å². The van der Waals surface area contributed by atoms with Gasteiger partial charge in [-0.2, -0.15) is 13.2 Å². The van der Waals surface area contributed by atoms with Crippen LogP contribution in [-0.2, 0) is 11.3 Å². The SMILES string of the molecule is COCc1nc(C(=O)NCC(N2CCNCC2)C(F)(F)F)cs1.Cl. The van der Waals surface area contributed by atoms with Gasteiger partial charge < -0.3 is 15.4 Å². The molecule has 1 aliphatic heterocycles. The van der Waals surface area contributed by atoms with Crippen LogP contribution in [0.3, 0.4) is 0 Å². The molecule has 1 aliphatic rings. The van der Waals surface area contributed by atoms with Crippen LogP contribution in [0.5, 0.6) is 0 Å². The van der Waals surface area contributed by atoms with Crippen LogP contribution in [0.2, 0.25) is 0 Å². The van der Waals surface area contributed by atoms with Crippen molar-refractivity contribution in [3.05, 3.63) is 16.1 Å². The second-order valence-corrected chi connectivity index (χ2v) is 6.06. The van der Waals surface area contributed by atoms with Crippen molar-refractivity contribution in [2.45, 2.75) is 18.8 Å². The molecule has 0 spiro atoms. The Labute approximate surface area is 148 Å². The lowest BCUT2D eigenvalue weighted by molar-refractivity contribution is -0.183. The number of piperazine rings is 1. The van der Waals surface area contributed by atoms with Crippen molar-refractivity contribution in [2.24, 2.45) is 0 Å². The highest BCUT2D eigenvalue weighted by molar-refractivity contribution is 7.09. The van der Waals surface area contributed by atoms with Gasteiger partial charge in [-0.3, -0.25) is 9.69 Å². The number of hydrogen-bond donors (Lipinski definition) is 2. The van der Waals surface area contributed by atoms with Crippen LogP contribution in [0.15, 0.2) is 5.38 Å². The second kappa shape index (κ2) is 9.52. The van der Waals surface area contributed by atoms with Crippen LogP contribution in [0, 0.1) is 0 Å². The maximum atomic E-state index is 13.2. The number of aromatic nitrogens is 1. The zero-order valence-corrected chi connectivity index (χ0v) is 14.7. The third-order valence-electron chi connectivity index (χ3n) is 3.48. The van der Waals surface area contributed by atoms with Crippen molar-refractivity contribution in [1.29, 1.82) is 0 Å². The molecule has 1 fully saturated rings. The van der Waals surface area contributed by atoms with E-state index in [0.29, 0.717) is 31.2 Å². The van der Waals surface area contributed by atoms with E-state index in [0.717, 1.165) is 0 Å². The van der Waals surface area contributed by atoms with Gasteiger partial charge in [0.25, 0.3) is 5.91 Å². The minimum absolute atomic E-state index is 0. The standard InChI is InChI=1S/C13H19F3N4O2S.ClH/c1-22-7-11-19-9(8-23-11)12(21)18-6-10(13(14,15)16)20-4-2-17-3-5-20;/h8,10,17H,2-7H2,1H3,(H,18,21);1H. The molecule has 1 aromatic heterocycles. The number of thiazole rings is 1. The summed E-state index contributed by atoms with van der Waals surface area (Å²) < 4.78 is 44.6. The van der Waals surface area contributed by atoms with Gasteiger partial charge in [0.15, 0.2) is 0 Å². The van der Waals surface area contributed by atoms with Gasteiger partial charge in [0.2, 0.25) is 0 Å². The molecule has 1 atom stereocenters. The van der Waals surface area contributed by atoms with Gasteiger partial charge in [0.1, 0.15) is 16.7 Å². The summed E-state index contributed by atoms with van der Waals surface area (Å²) in [7, 11) is 1.50. The Balaban J connectivity index is 0.00000288. The Kier molecular flexibility index (Phi) is 8.37. The summed E-state index contributed by atoms with van der Waals surface area (Å²) in [5, 5.41) is 7.47. The normalized spacial score (nSPS) is 17.2. The molecule has 1 saturated heterocycles. The van der Waals surface area contributed by atoms with Crippen molar-refractivity contribution < 1.29 is 22.7 Å². The highest BCUT2D eigenvalue weighted by Crippen LogP contribution is 2.25. The van der Waals surface area contributed by atoms with Crippen molar-refractivity contribution in [2.75, 3.05) is 39.8 Å². The molecule has 0 aromatic carbocycles. The summed E-state index contributed by atoms with van der Waals surface area (Å²) in [6.45, 7) is 1.40. The molecule has 2 rings (SSSR count). The first-order valence-corrected chi connectivity index (χ1v) is 8.03. The first-order chi connectivity index (χ1) is 10.9. The van der Waals surface area contributed by atoms with Crippen LogP contribution in [0.4, 0.5) is 13.2 Å². The average Bonchev–Trinajstić information content (AvgIpc) is 2.96. The van der Waals surface area contributed by atoms with E-state index < -0.39 is 24.7 Å². The molecule has 0 radical (unpaired) electrons. The number of nitrogens with zero attached hydrogens (tertiary/aromatic N) is 2. The van der Waals surface area contributed by atoms with Gasteiger partial charge in [-0.1, -0.05) is 0 Å². The minimum atomic E-state index is -4.39. The number of methoxy groups -OCH3 is 1. The number of rotatable bonds is 6. The second-order valence-electron chi connectivity index (χ2n) is 5.11. The molecular formula is C13H20ClF3N4O2S. The Morgan fingerprint density at radius 2 is 2.17 bits per heavy atom. The Bertz CT molecular complexity index is 524. The van der Waals surface area contributed by atoms with Crippen LogP contribution in [0.1, 0.15) is 15.5 Å². The van der Waals surface area contributed by atoms with Crippen LogP contribution in [-0.4, -0.2) is 67.8 Å². The van der Waals surface area contributed by atoms with Crippen LogP contribution >= 0.6 is 23.7 Å². The monoisotopic (exact) mass is 388 g/mol. The number of carbonyl (C=O) groups is 1. The Morgan fingerprint density at radius 3 is 2.75 bits per heavy atom. The number of alkyl halides is 3. The molecule has 6 nitrogen and oxygen atoms in total. The topological polar surface area (TPSA) is 66.5 Å². The maximum absolute atomic E-state index is 13.2. The summed E-state index contributed by atoms with van der Waals surface area (Å²) in [6.07, 6.45) is -4.39. The fourth-order valence-corrected chi connectivity index (χ4v) is 3.07. The predicted octanol–water partition coefficient (Wildman–Crippen LogP) is 1.28. The van der Waals surface area contributed by atoms with E-state index in [1.807, 2.05) is 0 Å². The number of ether oxygens (including phenoxy) is 1. The van der Waals surface area contributed by atoms with E-state index in [-0.39, 0.29) is 24.7 Å². The number of hydrogen-bond acceptors (Lipinski definition) is 6. The zero-order chi connectivity index (χ0) is 16.9. The van der Waals surface area contributed by atoms with Crippen molar-refractivity contribution in [3.8, 4) is 0 Å². The molecule has 2 heterocycles. The molecule has 0 bridgehead atoms. The van der Waals surface area contributed by atoms with Gasteiger partial charge in [0.05, 0.1) is 6.61 Å². The molecule has 11 heteroatoms. The maximum Gasteiger partial charge on any atom is 0.405 e. The molecular weight excluding hydrogens is 369 g/mol. The van der Waals surface area contributed by atoms with Gasteiger partial charge in [0, 0.05) is 45.2 Å². The number of halogens is 4. The first kappa shape index (κ1) is 21.1. The number of nitrogens with one attached hydrogen (secondary N) is 2. The predicted molar refractivity (Wildman–Crippen MR) is 86.7 cm³/mol. The fourth-order valence-electron chi connectivity index (χ4n) is 2.33. The highest BCUT2D eigenvalue weighted by atomic mass is 35.5. The van der Waals surface area contributed by atoms with E-state index in [1.165, 1.54) is 28.7 Å². The van der Waals surface area contributed by atoms with Crippen LogP contribution < -0.4 is 10.6 Å². The summed E-state index contributed by atoms with van der Waals surface area (Å²) >= 11 is 1.23. The van der Waals surface area contributed by atoms with Gasteiger partial charge in [-0.05, 0) is 0 Å². The lowest BCUT2D eigenvalue weighted by Crippen LogP contribution is -2.57. The van der Waals surface area contributed by atoms with Crippen molar-refractivity contribution in [1.82, 2.24) is 20.5 Å². The Hall–Kier alpha value is -0.940. The summed E-state index contributed by atoms with van der Waals surface area (Å²) in [6, 6.07) is -1.69. The molecule has 1 amide bonds. The third-order valence-corrected chi connectivity index (χ3v) is 4.30. The average molecular weight is 389 g/mol. The molecule has 0 saturated carbocycles. The van der Waals surface area contributed by atoms with Gasteiger partial charge >= 0.3 is 6.18 Å². The summed E-state index contributed by atoms with van der Waals surface area (Å²) in [4.78, 5) is 17.3. The number of amides is 1. The quantitative estimate of drug-likeness (QED) is 0.768. The first-order valence-electron chi connectivity index (χ1n) is 7.15. The minimum Gasteiger partial charge on any atom is -0.378 e. The molecule has 0 aliphatic carbocycles. The van der Waals surface area contributed by atoms with E-state index in [4.69, 9.17) is 4.74 Å². The molecule has 24 heavy (non-hydrogen) atoms. The highest BCUT2D eigenvalue weighted by Gasteiger charge is 2.43. The summed E-state index contributed by atoms with van der Waals surface area (Å²) in [5.41, 5.74) is 0.114. The van der Waals surface area contributed by atoms with Gasteiger partial charge in [-0.25, -0.2) is 4.98 Å². The molecule has 138 valence electrons. The smallest absolute Gasteiger partial charge is 0.378 e. The lowest BCUT2D eigenvalue weighted by atomic mass is 10.2. The Morgan fingerprint density at radius 1 is 1.50 bits per heavy atom. The van der Waals surface area contributed by atoms with Crippen molar-refractivity contribution in [3.63, 3.8) is 0 Å².